The Hall–Kier alpha value is -1.22. The maximum atomic E-state index is 4.34. The van der Waals surface area contributed by atoms with E-state index < -0.39 is 0 Å². The molecule has 0 bridgehead atoms. The molecule has 0 atom stereocenters. The highest BCUT2D eigenvalue weighted by Crippen LogP contribution is 2.20. The lowest BCUT2D eigenvalue weighted by Gasteiger charge is -1.91. The molecule has 2 aromatic rings. The van der Waals surface area contributed by atoms with Gasteiger partial charge in [-0.15, -0.1) is 0 Å². The van der Waals surface area contributed by atoms with Gasteiger partial charge in [0.1, 0.15) is 10.8 Å². The summed E-state index contributed by atoms with van der Waals surface area (Å²) in [4.78, 5) is 4.34. The smallest absolute Gasteiger partial charge is 0.144 e. The van der Waals surface area contributed by atoms with Gasteiger partial charge >= 0.3 is 0 Å². The van der Waals surface area contributed by atoms with Crippen LogP contribution in [0.15, 0.2) is 30.3 Å². The molecule has 1 aromatic carbocycles. The highest BCUT2D eigenvalue weighted by Gasteiger charge is 2.03. The lowest BCUT2D eigenvalue weighted by molar-refractivity contribution is 1.07. The van der Waals surface area contributed by atoms with Crippen molar-refractivity contribution in [3.8, 4) is 10.6 Å². The molecule has 0 aliphatic rings. The van der Waals surface area contributed by atoms with Crippen LogP contribution < -0.4 is 0 Å². The van der Waals surface area contributed by atoms with E-state index in [1.54, 1.807) is 0 Å². The Morgan fingerprint density at radius 3 is 2.62 bits per heavy atom. The van der Waals surface area contributed by atoms with E-state index in [9.17, 15) is 0 Å². The molecule has 13 heavy (non-hydrogen) atoms. The number of hydrogen-bond acceptors (Lipinski definition) is 3. The van der Waals surface area contributed by atoms with Crippen molar-refractivity contribution in [3.63, 3.8) is 0 Å². The van der Waals surface area contributed by atoms with Crippen LogP contribution >= 0.6 is 11.5 Å². The van der Waals surface area contributed by atoms with Gasteiger partial charge in [-0.05, 0) is 18.5 Å². The summed E-state index contributed by atoms with van der Waals surface area (Å²) >= 11 is 1.43. The minimum atomic E-state index is 0.656. The predicted molar refractivity (Wildman–Crippen MR) is 54.4 cm³/mol. The molecule has 0 spiro atoms. The monoisotopic (exact) mass is 189 g/mol. The molecule has 0 aliphatic carbocycles. The molecule has 0 unspecified atom stereocenters. The van der Waals surface area contributed by atoms with Gasteiger partial charge in [0.15, 0.2) is 0 Å². The Labute approximate surface area is 81.4 Å². The maximum absolute atomic E-state index is 4.34. The quantitative estimate of drug-likeness (QED) is 0.725. The summed E-state index contributed by atoms with van der Waals surface area (Å²) in [5.74, 6) is 0.823. The van der Waals surface area contributed by atoms with Gasteiger partial charge in [0, 0.05) is 12.0 Å². The van der Waals surface area contributed by atoms with Crippen molar-refractivity contribution < 1.29 is 0 Å². The minimum Gasteiger partial charge on any atom is -0.219 e. The fourth-order valence-corrected chi connectivity index (χ4v) is 1.77. The number of nitrogens with zero attached hydrogens (tertiary/aromatic N) is 2. The summed E-state index contributed by atoms with van der Waals surface area (Å²) in [7, 11) is 0. The zero-order valence-corrected chi connectivity index (χ0v) is 7.92. The lowest BCUT2D eigenvalue weighted by Crippen LogP contribution is -1.82. The van der Waals surface area contributed by atoms with Crippen molar-refractivity contribution in [1.29, 1.82) is 0 Å². The van der Waals surface area contributed by atoms with E-state index in [0.29, 0.717) is 6.42 Å². The Bertz CT molecular complexity index is 381. The van der Waals surface area contributed by atoms with E-state index in [4.69, 9.17) is 0 Å². The SMILES string of the molecule is [CH2]Cc1nsc(-c2ccccc2)n1. The van der Waals surface area contributed by atoms with Crippen LogP contribution in [-0.4, -0.2) is 9.36 Å². The topological polar surface area (TPSA) is 25.8 Å². The van der Waals surface area contributed by atoms with Gasteiger partial charge in [-0.3, -0.25) is 0 Å². The molecule has 1 aromatic heterocycles. The minimum absolute atomic E-state index is 0.656. The van der Waals surface area contributed by atoms with Gasteiger partial charge in [-0.25, -0.2) is 4.98 Å². The predicted octanol–water partition coefficient (Wildman–Crippen LogP) is 2.58. The van der Waals surface area contributed by atoms with Crippen molar-refractivity contribution in [2.45, 2.75) is 6.42 Å². The van der Waals surface area contributed by atoms with Crippen LogP contribution in [0.5, 0.6) is 0 Å². The van der Waals surface area contributed by atoms with Crippen LogP contribution in [0.3, 0.4) is 0 Å². The van der Waals surface area contributed by atoms with Crippen LogP contribution in [0.25, 0.3) is 10.6 Å². The normalized spacial score (nSPS) is 10.2. The van der Waals surface area contributed by atoms with Crippen LogP contribution in [0.4, 0.5) is 0 Å². The largest absolute Gasteiger partial charge is 0.219 e. The van der Waals surface area contributed by atoms with Crippen molar-refractivity contribution in [2.75, 3.05) is 0 Å². The lowest BCUT2D eigenvalue weighted by atomic mass is 10.2. The van der Waals surface area contributed by atoms with Gasteiger partial charge in [0.05, 0.1) is 0 Å². The number of rotatable bonds is 2. The Morgan fingerprint density at radius 1 is 1.23 bits per heavy atom. The highest BCUT2D eigenvalue weighted by molar-refractivity contribution is 7.09. The number of hydrogen-bond donors (Lipinski definition) is 0. The van der Waals surface area contributed by atoms with Crippen molar-refractivity contribution in [3.05, 3.63) is 43.1 Å². The zero-order chi connectivity index (χ0) is 9.10. The van der Waals surface area contributed by atoms with Gasteiger partial charge < -0.3 is 0 Å². The third kappa shape index (κ3) is 1.75. The van der Waals surface area contributed by atoms with Crippen LogP contribution in [0.2, 0.25) is 0 Å². The van der Waals surface area contributed by atoms with Gasteiger partial charge in [-0.2, -0.15) is 4.37 Å². The van der Waals surface area contributed by atoms with Crippen LogP contribution in [0.1, 0.15) is 5.82 Å². The molecule has 0 N–H and O–H groups in total. The third-order valence-corrected chi connectivity index (χ3v) is 2.51. The molecule has 1 radical (unpaired) electrons. The Balaban J connectivity index is 2.36. The molecule has 2 nitrogen and oxygen atoms in total. The van der Waals surface area contributed by atoms with E-state index in [0.717, 1.165) is 16.4 Å². The molecule has 1 heterocycles. The van der Waals surface area contributed by atoms with E-state index in [-0.39, 0.29) is 0 Å². The first-order valence-electron chi connectivity index (χ1n) is 4.07. The molecule has 65 valence electrons. The Kier molecular flexibility index (Phi) is 2.36. The molecular formula is C10H9N2S. The third-order valence-electron chi connectivity index (χ3n) is 1.71. The fraction of sp³-hybridized carbons (Fsp3) is 0.100. The second kappa shape index (κ2) is 3.66. The number of benzene rings is 1. The Morgan fingerprint density at radius 2 is 2.00 bits per heavy atom. The second-order valence-corrected chi connectivity index (χ2v) is 3.38. The van der Waals surface area contributed by atoms with Crippen molar-refractivity contribution >= 4 is 11.5 Å². The molecule has 0 fully saturated rings. The van der Waals surface area contributed by atoms with Gasteiger partial charge in [0.2, 0.25) is 0 Å². The van der Waals surface area contributed by atoms with E-state index in [2.05, 4.69) is 16.3 Å². The van der Waals surface area contributed by atoms with E-state index in [1.807, 2.05) is 30.3 Å². The second-order valence-electron chi connectivity index (χ2n) is 2.63. The first-order valence-corrected chi connectivity index (χ1v) is 4.85. The van der Waals surface area contributed by atoms with Crippen molar-refractivity contribution in [1.82, 2.24) is 9.36 Å². The van der Waals surface area contributed by atoms with Gasteiger partial charge in [0.25, 0.3) is 0 Å². The highest BCUT2D eigenvalue weighted by atomic mass is 32.1. The van der Waals surface area contributed by atoms with E-state index in [1.165, 1.54) is 11.5 Å². The first kappa shape index (κ1) is 8.38. The molecule has 3 heteroatoms. The first-order chi connectivity index (χ1) is 6.40. The standard InChI is InChI=1S/C10H9N2S/c1-2-9-11-10(13-12-9)8-6-4-3-5-7-8/h3-7H,1-2H2. The average Bonchev–Trinajstić information content (AvgIpc) is 2.67. The summed E-state index contributed by atoms with van der Waals surface area (Å²) in [5, 5.41) is 0.972. The van der Waals surface area contributed by atoms with Crippen molar-refractivity contribution in [2.24, 2.45) is 0 Å². The fourth-order valence-electron chi connectivity index (χ4n) is 1.05. The van der Waals surface area contributed by atoms with Gasteiger partial charge in [-0.1, -0.05) is 30.3 Å². The summed E-state index contributed by atoms with van der Waals surface area (Å²) < 4.78 is 4.18. The summed E-state index contributed by atoms with van der Waals surface area (Å²) in [6.45, 7) is 3.74. The van der Waals surface area contributed by atoms with Crippen LogP contribution in [-0.2, 0) is 6.42 Å². The molecular weight excluding hydrogens is 180 g/mol. The average molecular weight is 189 g/mol. The van der Waals surface area contributed by atoms with Crippen LogP contribution in [0, 0.1) is 6.92 Å². The zero-order valence-electron chi connectivity index (χ0n) is 7.10. The molecule has 2 rings (SSSR count). The summed E-state index contributed by atoms with van der Waals surface area (Å²) in [6, 6.07) is 10.1. The molecule has 0 aliphatic heterocycles. The molecule has 0 amide bonds. The maximum Gasteiger partial charge on any atom is 0.144 e. The summed E-state index contributed by atoms with van der Waals surface area (Å²) in [5.41, 5.74) is 1.12. The number of aromatic nitrogens is 2. The molecule has 0 saturated heterocycles. The summed E-state index contributed by atoms with van der Waals surface area (Å²) in [6.07, 6.45) is 0.656. The van der Waals surface area contributed by atoms with E-state index >= 15 is 0 Å². The molecule has 0 saturated carbocycles.